The average molecular weight is 749 g/mol. The number of aliphatic hydroxyl groups excluding tert-OH is 1. The number of fused-ring (bicyclic) bond motifs is 4. The second kappa shape index (κ2) is 13.3. The molecule has 272 valence electrons. The highest BCUT2D eigenvalue weighted by molar-refractivity contribution is 6.71. The Kier molecular flexibility index (Phi) is 8.90. The minimum atomic E-state index is -3.06. The number of aliphatic hydroxyl groups is 1. The maximum atomic E-state index is 15.0. The first-order valence-corrected chi connectivity index (χ1v) is 21.4. The van der Waals surface area contributed by atoms with Crippen LogP contribution in [0.5, 0.6) is 0 Å². The molecule has 8 rings (SSSR count). The van der Waals surface area contributed by atoms with E-state index in [9.17, 15) is 19.5 Å². The van der Waals surface area contributed by atoms with Crippen LogP contribution in [0.25, 0.3) is 16.5 Å². The number of aromatic nitrogens is 2. The first-order chi connectivity index (χ1) is 25.4. The number of hydrogen-bond donors (Lipinski definition) is 2. The number of ether oxygens (including phenoxy) is 1. The number of carbonyl (C=O) groups is 2. The van der Waals surface area contributed by atoms with Crippen LogP contribution in [0.2, 0.25) is 23.7 Å². The van der Waals surface area contributed by atoms with E-state index in [0.717, 1.165) is 22.1 Å². The largest absolute Gasteiger partial charge is 0.432 e. The zero-order valence-electron chi connectivity index (χ0n) is 29.8. The number of benzene rings is 4. The Morgan fingerprint density at radius 1 is 1.00 bits per heavy atom. The zero-order valence-corrected chi connectivity index (χ0v) is 31.5. The van der Waals surface area contributed by atoms with Crippen LogP contribution in [0.15, 0.2) is 102 Å². The van der Waals surface area contributed by atoms with Crippen molar-refractivity contribution >= 4 is 48.2 Å². The molecule has 3 aliphatic heterocycles. The molecule has 12 heteroatoms. The Bertz CT molecular complexity index is 2330. The van der Waals surface area contributed by atoms with Crippen molar-refractivity contribution in [3.05, 3.63) is 135 Å². The van der Waals surface area contributed by atoms with Crippen molar-refractivity contribution in [1.29, 1.82) is 0 Å². The van der Waals surface area contributed by atoms with E-state index < -0.39 is 31.5 Å². The Labute approximate surface area is 313 Å². The topological polar surface area (TPSA) is 125 Å². The second-order valence-corrected chi connectivity index (χ2v) is 19.5. The fraction of sp³-hybridized carbons (Fsp3) is 0.317. The molecule has 5 atom stereocenters. The molecule has 5 aromatic rings. The summed E-state index contributed by atoms with van der Waals surface area (Å²) in [6, 6.07) is 27.5. The van der Waals surface area contributed by atoms with E-state index in [-0.39, 0.29) is 43.0 Å². The number of nitrogens with zero attached hydrogens (tertiary/aromatic N) is 4. The van der Waals surface area contributed by atoms with Crippen LogP contribution in [-0.4, -0.2) is 63.5 Å². The highest BCUT2D eigenvalue weighted by Gasteiger charge is 2.66. The van der Waals surface area contributed by atoms with Gasteiger partial charge in [-0.1, -0.05) is 73.1 Å². The fourth-order valence-corrected chi connectivity index (χ4v) is 11.7. The van der Waals surface area contributed by atoms with Gasteiger partial charge in [0.2, 0.25) is 5.91 Å². The lowest BCUT2D eigenvalue weighted by atomic mass is 9.82. The van der Waals surface area contributed by atoms with Gasteiger partial charge >= 0.3 is 0 Å². The molecule has 1 fully saturated rings. The van der Waals surface area contributed by atoms with Gasteiger partial charge in [-0.3, -0.25) is 14.4 Å². The normalized spacial score (nSPS) is 23.8. The van der Waals surface area contributed by atoms with Gasteiger partial charge in [-0.2, -0.15) is 9.78 Å². The number of halogens is 1. The van der Waals surface area contributed by atoms with Gasteiger partial charge in [-0.05, 0) is 72.6 Å². The number of hydrogen-bond acceptors (Lipinski definition) is 7. The molecule has 0 aliphatic carbocycles. The van der Waals surface area contributed by atoms with Gasteiger partial charge < -0.3 is 24.4 Å². The minimum Gasteiger partial charge on any atom is -0.432 e. The van der Waals surface area contributed by atoms with Gasteiger partial charge in [-0.15, -0.1) is 0 Å². The van der Waals surface area contributed by atoms with Crippen LogP contribution in [0.3, 0.4) is 0 Å². The van der Waals surface area contributed by atoms with Crippen LogP contribution in [0.4, 0.5) is 5.69 Å². The van der Waals surface area contributed by atoms with Crippen molar-refractivity contribution in [2.24, 2.45) is 5.92 Å². The molecule has 0 saturated carbocycles. The maximum Gasteiger partial charge on any atom is 0.279 e. The van der Waals surface area contributed by atoms with Crippen molar-refractivity contribution < 1.29 is 24.2 Å². The van der Waals surface area contributed by atoms with E-state index in [4.69, 9.17) is 16.3 Å². The molecule has 1 saturated heterocycles. The summed E-state index contributed by atoms with van der Waals surface area (Å²) >= 11 is 6.61. The Balaban J connectivity index is 1.13. The summed E-state index contributed by atoms with van der Waals surface area (Å²) in [5.41, 5.74) is 2.49. The molecule has 0 unspecified atom stereocenters. The summed E-state index contributed by atoms with van der Waals surface area (Å²) in [6.45, 7) is 5.93. The standard InChI is InChI=1S/C41H41ClN4O6Si/c1-25-38(53(2,3)51)36(20-37(48)44-23-29-12-5-4-10-27(29)18-32(44)24-47)52-41(25)34-19-30(42)15-16-35(34)45(40(41)50)22-26-9-8-13-31(17-26)46-39(49)33-14-7-6-11-28(33)21-43-46/h4-17,19,21,25,32,36,38,47,51H,18,20,22-24H2,1-3H3/t25-,32-,36+,38-,41+/m0/s1. The van der Waals surface area contributed by atoms with E-state index in [1.165, 1.54) is 4.68 Å². The van der Waals surface area contributed by atoms with Crippen LogP contribution < -0.4 is 10.5 Å². The number of amides is 2. The van der Waals surface area contributed by atoms with Crippen molar-refractivity contribution in [3.63, 3.8) is 0 Å². The molecule has 2 N–H and O–H groups in total. The van der Waals surface area contributed by atoms with Crippen LogP contribution in [0.1, 0.15) is 35.6 Å². The maximum absolute atomic E-state index is 15.0. The lowest BCUT2D eigenvalue weighted by Gasteiger charge is -2.37. The Morgan fingerprint density at radius 3 is 2.53 bits per heavy atom. The molecule has 10 nitrogen and oxygen atoms in total. The minimum absolute atomic E-state index is 0.0504. The highest BCUT2D eigenvalue weighted by Crippen LogP contribution is 2.60. The highest BCUT2D eigenvalue weighted by atomic mass is 35.5. The van der Waals surface area contributed by atoms with Crippen LogP contribution in [0, 0.1) is 5.92 Å². The molecule has 2 amide bonds. The van der Waals surface area contributed by atoms with Crippen molar-refractivity contribution in [2.45, 2.75) is 69.2 Å². The third-order valence-corrected chi connectivity index (χ3v) is 14.1. The van der Waals surface area contributed by atoms with Crippen LogP contribution in [-0.2, 0) is 39.4 Å². The number of anilines is 1. The van der Waals surface area contributed by atoms with Gasteiger partial charge in [0.15, 0.2) is 13.9 Å². The molecule has 1 aromatic heterocycles. The summed E-state index contributed by atoms with van der Waals surface area (Å²) in [5.74, 6) is -0.991. The van der Waals surface area contributed by atoms with Crippen LogP contribution >= 0.6 is 11.6 Å². The van der Waals surface area contributed by atoms with Gasteiger partial charge in [0, 0.05) is 34.0 Å². The third-order valence-electron chi connectivity index (χ3n) is 11.4. The quantitative estimate of drug-likeness (QED) is 0.204. The molecular formula is C41H41ClN4O6Si. The second-order valence-electron chi connectivity index (χ2n) is 15.1. The smallest absolute Gasteiger partial charge is 0.279 e. The molecule has 53 heavy (non-hydrogen) atoms. The predicted molar refractivity (Wildman–Crippen MR) is 205 cm³/mol. The molecule has 0 radical (unpaired) electrons. The molecule has 3 aliphatic rings. The van der Waals surface area contributed by atoms with E-state index in [0.29, 0.717) is 40.3 Å². The van der Waals surface area contributed by atoms with Gasteiger partial charge in [0.25, 0.3) is 11.5 Å². The molecule has 4 heterocycles. The molecule has 0 bridgehead atoms. The van der Waals surface area contributed by atoms with E-state index in [2.05, 4.69) is 5.10 Å². The zero-order chi connectivity index (χ0) is 37.2. The van der Waals surface area contributed by atoms with E-state index in [1.54, 1.807) is 40.3 Å². The summed E-state index contributed by atoms with van der Waals surface area (Å²) in [6.07, 6.45) is 1.39. The predicted octanol–water partition coefficient (Wildman–Crippen LogP) is 5.72. The van der Waals surface area contributed by atoms with Crippen molar-refractivity contribution in [2.75, 3.05) is 11.5 Å². The number of carbonyl (C=O) groups excluding carboxylic acids is 2. The summed E-state index contributed by atoms with van der Waals surface area (Å²) in [5, 5.41) is 16.5. The molecule has 4 aromatic carbocycles. The Morgan fingerprint density at radius 2 is 1.75 bits per heavy atom. The van der Waals surface area contributed by atoms with Gasteiger partial charge in [-0.25, -0.2) is 0 Å². The first kappa shape index (κ1) is 35.4. The lowest BCUT2D eigenvalue weighted by Crippen LogP contribution is -2.48. The van der Waals surface area contributed by atoms with Gasteiger partial charge in [0.05, 0.1) is 54.7 Å². The third kappa shape index (κ3) is 5.91. The monoisotopic (exact) mass is 748 g/mol. The molecule has 1 spiro atoms. The number of rotatable bonds is 7. The van der Waals surface area contributed by atoms with Gasteiger partial charge in [0.1, 0.15) is 0 Å². The summed E-state index contributed by atoms with van der Waals surface area (Å²) in [4.78, 5) is 57.7. The summed E-state index contributed by atoms with van der Waals surface area (Å²) < 4.78 is 8.29. The average Bonchev–Trinajstić information content (AvgIpc) is 3.56. The Hall–Kier alpha value is -4.65. The van der Waals surface area contributed by atoms with Crippen molar-refractivity contribution in [3.8, 4) is 5.69 Å². The van der Waals surface area contributed by atoms with E-state index in [1.807, 2.05) is 86.7 Å². The lowest BCUT2D eigenvalue weighted by molar-refractivity contribution is -0.151. The fourth-order valence-electron chi connectivity index (χ4n) is 8.98. The van der Waals surface area contributed by atoms with Crippen molar-refractivity contribution in [1.82, 2.24) is 14.7 Å². The molecular weight excluding hydrogens is 708 g/mol. The van der Waals surface area contributed by atoms with E-state index >= 15 is 4.79 Å². The first-order valence-electron chi connectivity index (χ1n) is 18.0. The summed E-state index contributed by atoms with van der Waals surface area (Å²) in [7, 11) is -3.06. The SMILES string of the molecule is C[C@H]1[C@H]([Si](C)(C)O)[C@@H](CC(=O)N2Cc3ccccc3C[C@H]2CO)O[C@]12C(=O)N(Cc1cccc(-n3ncc4ccccc4c3=O)c1)c1ccc(Cl)cc12.